The molecular weight excluding hydrogens is 382 g/mol. The number of aryl methyl sites for hydroxylation is 1. The minimum Gasteiger partial charge on any atom is -0.462 e. The molecule has 0 spiro atoms. The molecule has 1 aliphatic heterocycles. The summed E-state index contributed by atoms with van der Waals surface area (Å²) >= 11 is 0. The molecule has 1 aromatic carbocycles. The highest BCUT2D eigenvalue weighted by molar-refractivity contribution is 6.05. The molecule has 0 saturated carbocycles. The molecule has 0 unspecified atom stereocenters. The van der Waals surface area contributed by atoms with E-state index in [1.807, 2.05) is 13.8 Å². The van der Waals surface area contributed by atoms with Crippen molar-refractivity contribution in [3.05, 3.63) is 47.3 Å². The van der Waals surface area contributed by atoms with E-state index in [9.17, 15) is 9.59 Å². The highest BCUT2D eigenvalue weighted by atomic mass is 16.5. The van der Waals surface area contributed by atoms with Gasteiger partial charge in [-0.2, -0.15) is 0 Å². The number of aromatic nitrogens is 2. The van der Waals surface area contributed by atoms with Crippen molar-refractivity contribution in [2.45, 2.75) is 26.7 Å². The molecule has 1 amide bonds. The summed E-state index contributed by atoms with van der Waals surface area (Å²) in [4.78, 5) is 37.9. The zero-order valence-corrected chi connectivity index (χ0v) is 17.9. The molecule has 2 heterocycles. The van der Waals surface area contributed by atoms with E-state index in [1.54, 1.807) is 30.5 Å². The molecule has 1 saturated heterocycles. The number of likely N-dealkylation sites (N-methyl/N-ethyl adjacent to an activating group) is 1. The van der Waals surface area contributed by atoms with Crippen LogP contribution in [0.1, 0.15) is 46.2 Å². The number of rotatable bonds is 7. The van der Waals surface area contributed by atoms with E-state index >= 15 is 0 Å². The molecule has 8 heteroatoms. The zero-order valence-electron chi connectivity index (χ0n) is 17.9. The van der Waals surface area contributed by atoms with Crippen LogP contribution in [0, 0.1) is 6.92 Å². The highest BCUT2D eigenvalue weighted by Gasteiger charge is 2.19. The van der Waals surface area contributed by atoms with Gasteiger partial charge in [-0.15, -0.1) is 0 Å². The van der Waals surface area contributed by atoms with Gasteiger partial charge in [0.15, 0.2) is 0 Å². The van der Waals surface area contributed by atoms with Crippen molar-refractivity contribution in [1.29, 1.82) is 0 Å². The van der Waals surface area contributed by atoms with Gasteiger partial charge in [-0.05, 0) is 44.7 Å². The first kappa shape index (κ1) is 21.7. The number of anilines is 2. The van der Waals surface area contributed by atoms with Gasteiger partial charge in [-0.1, -0.05) is 13.3 Å². The molecule has 0 atom stereocenters. The monoisotopic (exact) mass is 411 g/mol. The lowest BCUT2D eigenvalue weighted by atomic mass is 10.2. The van der Waals surface area contributed by atoms with Crippen molar-refractivity contribution in [3.63, 3.8) is 0 Å². The highest BCUT2D eigenvalue weighted by Crippen LogP contribution is 2.16. The lowest BCUT2D eigenvalue weighted by Crippen LogP contribution is -2.45. The van der Waals surface area contributed by atoms with Crippen LogP contribution in [0.3, 0.4) is 0 Å². The minimum absolute atomic E-state index is 0.282. The Hall–Kier alpha value is -3.00. The van der Waals surface area contributed by atoms with Gasteiger partial charge in [0.05, 0.1) is 23.4 Å². The molecule has 1 N–H and O–H groups in total. The van der Waals surface area contributed by atoms with Gasteiger partial charge in [-0.3, -0.25) is 4.79 Å². The van der Waals surface area contributed by atoms with Crippen molar-refractivity contribution in [2.75, 3.05) is 50.1 Å². The molecule has 0 radical (unpaired) electrons. The number of esters is 1. The maximum atomic E-state index is 12.7. The van der Waals surface area contributed by atoms with Crippen LogP contribution in [0.5, 0.6) is 0 Å². The number of amides is 1. The Kier molecular flexibility index (Phi) is 7.35. The molecule has 1 fully saturated rings. The van der Waals surface area contributed by atoms with Crippen LogP contribution in [-0.2, 0) is 4.74 Å². The number of hydrogen-bond donors (Lipinski definition) is 1. The number of nitrogens with one attached hydrogen (secondary N) is 1. The van der Waals surface area contributed by atoms with Crippen molar-refractivity contribution >= 4 is 23.5 Å². The Balaban J connectivity index is 1.61. The van der Waals surface area contributed by atoms with Gasteiger partial charge in [0.1, 0.15) is 0 Å². The van der Waals surface area contributed by atoms with Gasteiger partial charge in [0, 0.05) is 38.1 Å². The van der Waals surface area contributed by atoms with Crippen LogP contribution in [-0.4, -0.2) is 66.6 Å². The average molecular weight is 412 g/mol. The Morgan fingerprint density at radius 1 is 1.13 bits per heavy atom. The van der Waals surface area contributed by atoms with Crippen LogP contribution >= 0.6 is 0 Å². The summed E-state index contributed by atoms with van der Waals surface area (Å²) in [6.07, 6.45) is 3.39. The fraction of sp³-hybridized carbons (Fsp3) is 0.455. The summed E-state index contributed by atoms with van der Waals surface area (Å²) in [5, 5.41) is 2.83. The predicted octanol–water partition coefficient (Wildman–Crippen LogP) is 2.75. The Bertz CT molecular complexity index is 877. The van der Waals surface area contributed by atoms with Crippen LogP contribution in [0.15, 0.2) is 30.5 Å². The van der Waals surface area contributed by atoms with E-state index in [4.69, 9.17) is 4.74 Å². The quantitative estimate of drug-likeness (QED) is 0.554. The third kappa shape index (κ3) is 5.54. The molecule has 160 valence electrons. The maximum Gasteiger partial charge on any atom is 0.338 e. The first-order valence-electron chi connectivity index (χ1n) is 10.3. The zero-order chi connectivity index (χ0) is 21.5. The van der Waals surface area contributed by atoms with Gasteiger partial charge >= 0.3 is 5.97 Å². The maximum absolute atomic E-state index is 12.7. The third-order valence-corrected chi connectivity index (χ3v) is 5.11. The van der Waals surface area contributed by atoms with Crippen LogP contribution < -0.4 is 10.2 Å². The van der Waals surface area contributed by atoms with Gasteiger partial charge < -0.3 is 19.9 Å². The summed E-state index contributed by atoms with van der Waals surface area (Å²) in [5.41, 5.74) is 2.11. The van der Waals surface area contributed by atoms with Gasteiger partial charge in [-0.25, -0.2) is 14.8 Å². The number of carbonyl (C=O) groups excluding carboxylic acids is 2. The number of hydrogen-bond acceptors (Lipinski definition) is 7. The number of benzene rings is 1. The number of ether oxygens (including phenoxy) is 1. The molecule has 1 aromatic heterocycles. The fourth-order valence-corrected chi connectivity index (χ4v) is 3.12. The van der Waals surface area contributed by atoms with Crippen molar-refractivity contribution < 1.29 is 14.3 Å². The first-order chi connectivity index (χ1) is 14.5. The minimum atomic E-state index is -0.356. The topological polar surface area (TPSA) is 87.7 Å². The van der Waals surface area contributed by atoms with Gasteiger partial charge in [0.2, 0.25) is 5.95 Å². The molecule has 0 bridgehead atoms. The summed E-state index contributed by atoms with van der Waals surface area (Å²) in [7, 11) is 2.10. The number of carbonyl (C=O) groups is 2. The Morgan fingerprint density at radius 3 is 2.47 bits per heavy atom. The number of piperazine rings is 1. The Morgan fingerprint density at radius 2 is 1.83 bits per heavy atom. The lowest BCUT2D eigenvalue weighted by Gasteiger charge is -2.32. The lowest BCUT2D eigenvalue weighted by molar-refractivity contribution is 0.0499. The summed E-state index contributed by atoms with van der Waals surface area (Å²) in [5.74, 6) is 0.0175. The van der Waals surface area contributed by atoms with Crippen molar-refractivity contribution in [2.24, 2.45) is 0 Å². The number of nitrogens with zero attached hydrogens (tertiary/aromatic N) is 4. The standard InChI is InChI=1S/C22H29N5O3/c1-4-5-14-30-21(29)17-6-8-18(9-7-17)25-20(28)19-15-23-22(24-16(19)2)27-12-10-26(3)11-13-27/h6-9,15H,4-5,10-14H2,1-3H3,(H,25,28). The van der Waals surface area contributed by atoms with E-state index in [2.05, 4.69) is 32.1 Å². The molecule has 3 rings (SSSR count). The summed E-state index contributed by atoms with van der Waals surface area (Å²) in [6, 6.07) is 6.65. The summed E-state index contributed by atoms with van der Waals surface area (Å²) < 4.78 is 5.19. The normalized spacial score (nSPS) is 14.4. The van der Waals surface area contributed by atoms with E-state index in [1.165, 1.54) is 0 Å². The molecule has 1 aliphatic rings. The van der Waals surface area contributed by atoms with Crippen molar-refractivity contribution in [1.82, 2.24) is 14.9 Å². The molecule has 2 aromatic rings. The van der Waals surface area contributed by atoms with E-state index in [0.717, 1.165) is 39.0 Å². The van der Waals surface area contributed by atoms with Crippen LogP contribution in [0.4, 0.5) is 11.6 Å². The van der Waals surface area contributed by atoms with E-state index in [-0.39, 0.29) is 11.9 Å². The van der Waals surface area contributed by atoms with Gasteiger partial charge in [0.25, 0.3) is 5.91 Å². The molecular formula is C22H29N5O3. The third-order valence-electron chi connectivity index (χ3n) is 5.11. The average Bonchev–Trinajstić information content (AvgIpc) is 2.74. The second kappa shape index (κ2) is 10.2. The smallest absolute Gasteiger partial charge is 0.338 e. The van der Waals surface area contributed by atoms with E-state index < -0.39 is 0 Å². The molecule has 0 aliphatic carbocycles. The van der Waals surface area contributed by atoms with Crippen LogP contribution in [0.2, 0.25) is 0 Å². The summed E-state index contributed by atoms with van der Waals surface area (Å²) in [6.45, 7) is 7.93. The molecule has 8 nitrogen and oxygen atoms in total. The predicted molar refractivity (Wildman–Crippen MR) is 116 cm³/mol. The number of unbranched alkanes of at least 4 members (excludes halogenated alkanes) is 1. The second-order valence-electron chi connectivity index (χ2n) is 7.48. The largest absolute Gasteiger partial charge is 0.462 e. The molecule has 30 heavy (non-hydrogen) atoms. The Labute approximate surface area is 177 Å². The van der Waals surface area contributed by atoms with E-state index in [0.29, 0.717) is 35.1 Å². The van der Waals surface area contributed by atoms with Crippen LogP contribution in [0.25, 0.3) is 0 Å². The first-order valence-corrected chi connectivity index (χ1v) is 10.3. The van der Waals surface area contributed by atoms with Crippen molar-refractivity contribution in [3.8, 4) is 0 Å². The second-order valence-corrected chi connectivity index (χ2v) is 7.48. The fourth-order valence-electron chi connectivity index (χ4n) is 3.12. The SMILES string of the molecule is CCCCOC(=O)c1ccc(NC(=O)c2cnc(N3CCN(C)CC3)nc2C)cc1.